The number of hydrogen-bond donors (Lipinski definition) is 15. The molecule has 0 bridgehead atoms. The van der Waals surface area contributed by atoms with Crippen LogP contribution in [0.4, 0.5) is 0 Å². The Labute approximate surface area is 272 Å². The van der Waals surface area contributed by atoms with Gasteiger partial charge in [0.15, 0.2) is 18.9 Å². The number of hydrogen-bond acceptors (Lipinski definition) is 21. The van der Waals surface area contributed by atoms with Gasteiger partial charge in [-0.3, -0.25) is 4.79 Å². The summed E-state index contributed by atoms with van der Waals surface area (Å²) in [4.78, 5) is 12.0. The van der Waals surface area contributed by atoms with Crippen LogP contribution in [0.3, 0.4) is 0 Å². The van der Waals surface area contributed by atoms with E-state index in [4.69, 9.17) is 33.5 Å². The molecule has 3 aliphatic heterocycles. The Hall–Kier alpha value is -1.33. The molecule has 3 aliphatic rings. The van der Waals surface area contributed by atoms with Crippen molar-refractivity contribution in [1.82, 2.24) is 5.32 Å². The summed E-state index contributed by atoms with van der Waals surface area (Å²) in [6, 6.07) is -1.53. The molecule has 0 aromatic carbocycles. The van der Waals surface area contributed by atoms with E-state index in [0.29, 0.717) is 0 Å². The molecule has 22 heteroatoms. The van der Waals surface area contributed by atoms with E-state index in [2.05, 4.69) is 5.32 Å². The van der Waals surface area contributed by atoms with Crippen molar-refractivity contribution < 1.29 is 105 Å². The van der Waals surface area contributed by atoms with Crippen molar-refractivity contribution in [2.75, 3.05) is 33.0 Å². The van der Waals surface area contributed by atoms with Gasteiger partial charge in [-0.05, 0) is 0 Å². The van der Waals surface area contributed by atoms with Crippen LogP contribution in [-0.4, -0.2) is 227 Å². The smallest absolute Gasteiger partial charge is 0.217 e. The van der Waals surface area contributed by atoms with E-state index in [1.165, 1.54) is 0 Å². The lowest BCUT2D eigenvalue weighted by molar-refractivity contribution is -0.376. The zero-order valence-electron chi connectivity index (χ0n) is 25.6. The number of carbonyl (C=O) groups excluding carboxylic acids is 1. The summed E-state index contributed by atoms with van der Waals surface area (Å²) in [6.45, 7) is -3.31. The number of aliphatic hydroxyl groups excluding tert-OH is 14. The third-order valence-corrected chi connectivity index (χ3v) is 8.23. The number of ether oxygens (including phenoxy) is 6. The highest BCUT2D eigenvalue weighted by Gasteiger charge is 2.54. The largest absolute Gasteiger partial charge is 0.394 e. The van der Waals surface area contributed by atoms with Crippen molar-refractivity contribution in [1.29, 1.82) is 0 Å². The zero-order valence-corrected chi connectivity index (χ0v) is 25.6. The van der Waals surface area contributed by atoms with Gasteiger partial charge in [0.2, 0.25) is 5.91 Å². The third-order valence-electron chi connectivity index (χ3n) is 8.23. The summed E-state index contributed by atoms with van der Waals surface area (Å²) < 4.78 is 33.0. The standard InChI is InChI=1S/C26H47NO21/c1-7(32)27-13-18(39)22(12(5-31)46-24(13)43-6-9(34)15(36)14(35)8(33)2-28)47-26-21(42)23(17(38)11(4-30)45-26)48-25-20(41)19(40)16(37)10(3-29)44-25/h8-26,28-31,33-42H,2-6H2,1H3,(H,27,32)/t8-,9+,10+,11+,12+,13+,14+,15-,16-,17-,18+,19-,20+,21+,22+,23-,24+,25+,26-/m0/s1. The van der Waals surface area contributed by atoms with Gasteiger partial charge < -0.3 is 105 Å². The molecule has 19 atom stereocenters. The number of amides is 1. The molecule has 0 aromatic heterocycles. The molecule has 0 aliphatic carbocycles. The average molecular weight is 710 g/mol. The predicted molar refractivity (Wildman–Crippen MR) is 148 cm³/mol. The molecule has 0 saturated carbocycles. The minimum Gasteiger partial charge on any atom is -0.394 e. The highest BCUT2D eigenvalue weighted by molar-refractivity contribution is 5.73. The highest BCUT2D eigenvalue weighted by atomic mass is 16.8. The van der Waals surface area contributed by atoms with Gasteiger partial charge in [-0.25, -0.2) is 0 Å². The van der Waals surface area contributed by atoms with Gasteiger partial charge in [-0.1, -0.05) is 0 Å². The third kappa shape index (κ3) is 9.31. The van der Waals surface area contributed by atoms with Crippen molar-refractivity contribution in [3.8, 4) is 0 Å². The first-order chi connectivity index (χ1) is 22.6. The van der Waals surface area contributed by atoms with Crippen LogP contribution in [0.25, 0.3) is 0 Å². The quantitative estimate of drug-likeness (QED) is 0.0750. The van der Waals surface area contributed by atoms with E-state index in [0.717, 1.165) is 6.92 Å². The van der Waals surface area contributed by atoms with E-state index in [9.17, 15) is 71.2 Å². The maximum atomic E-state index is 12.0. The molecule has 15 N–H and O–H groups in total. The lowest BCUT2D eigenvalue weighted by Crippen LogP contribution is -2.68. The van der Waals surface area contributed by atoms with Crippen LogP contribution in [0, 0.1) is 0 Å². The first-order valence-electron chi connectivity index (χ1n) is 15.0. The fourth-order valence-electron chi connectivity index (χ4n) is 5.44. The molecule has 3 rings (SSSR count). The van der Waals surface area contributed by atoms with Gasteiger partial charge in [-0.2, -0.15) is 0 Å². The SMILES string of the molecule is CC(=O)N[C@H]1[C@H](OC[C@@H](O)[C@H](O)[C@H](O)[C@@H](O)CO)O[C@H](CO)[C@@H](O[C@@H]2O[C@H](CO)[C@H](O)[C@H](O[C@H]3O[C@H](CO)[C@H](O)[C@H](O)[C@H]3O)[C@H]2O)[C@@H]1O. The number of rotatable bonds is 15. The summed E-state index contributed by atoms with van der Waals surface area (Å²) in [6.07, 6.45) is -32.4. The Balaban J connectivity index is 1.78. The second kappa shape index (κ2) is 18.2. The molecule has 3 heterocycles. The van der Waals surface area contributed by atoms with Gasteiger partial charge >= 0.3 is 0 Å². The fraction of sp³-hybridized carbons (Fsp3) is 0.962. The van der Waals surface area contributed by atoms with Gasteiger partial charge in [0.25, 0.3) is 0 Å². The normalized spacial score (nSPS) is 43.3. The molecule has 48 heavy (non-hydrogen) atoms. The Morgan fingerprint density at radius 2 is 1.12 bits per heavy atom. The van der Waals surface area contributed by atoms with Crippen LogP contribution in [-0.2, 0) is 33.2 Å². The molecule has 3 fully saturated rings. The summed E-state index contributed by atoms with van der Waals surface area (Å²) in [5, 5.41) is 144. The van der Waals surface area contributed by atoms with E-state index >= 15 is 0 Å². The summed E-state index contributed by atoms with van der Waals surface area (Å²) >= 11 is 0. The maximum absolute atomic E-state index is 12.0. The van der Waals surface area contributed by atoms with Crippen molar-refractivity contribution in [2.45, 2.75) is 123 Å². The number of nitrogens with one attached hydrogen (secondary N) is 1. The van der Waals surface area contributed by atoms with Gasteiger partial charge in [0.1, 0.15) is 97.6 Å². The van der Waals surface area contributed by atoms with E-state index in [-0.39, 0.29) is 0 Å². The summed E-state index contributed by atoms with van der Waals surface area (Å²) in [7, 11) is 0. The Morgan fingerprint density at radius 1 is 0.625 bits per heavy atom. The van der Waals surface area contributed by atoms with Crippen LogP contribution in [0.2, 0.25) is 0 Å². The molecule has 0 spiro atoms. The van der Waals surface area contributed by atoms with E-state index in [1.807, 2.05) is 0 Å². The molecule has 22 nitrogen and oxygen atoms in total. The van der Waals surface area contributed by atoms with Crippen LogP contribution in [0.15, 0.2) is 0 Å². The minimum absolute atomic E-state index is 0.732. The van der Waals surface area contributed by atoms with Crippen LogP contribution < -0.4 is 5.32 Å². The lowest BCUT2D eigenvalue weighted by atomic mass is 9.95. The van der Waals surface area contributed by atoms with Gasteiger partial charge in [0, 0.05) is 6.92 Å². The highest BCUT2D eigenvalue weighted by Crippen LogP contribution is 2.33. The maximum Gasteiger partial charge on any atom is 0.217 e. The van der Waals surface area contributed by atoms with Crippen LogP contribution in [0.1, 0.15) is 6.92 Å². The molecular weight excluding hydrogens is 662 g/mol. The van der Waals surface area contributed by atoms with E-state index < -0.39 is 155 Å². The molecule has 3 saturated heterocycles. The first-order valence-corrected chi connectivity index (χ1v) is 15.0. The summed E-state index contributed by atoms with van der Waals surface area (Å²) in [5.41, 5.74) is 0. The second-order valence-electron chi connectivity index (χ2n) is 11.7. The van der Waals surface area contributed by atoms with Crippen molar-refractivity contribution in [3.63, 3.8) is 0 Å². The van der Waals surface area contributed by atoms with Crippen molar-refractivity contribution in [2.24, 2.45) is 0 Å². The number of aliphatic hydroxyl groups is 14. The zero-order chi connectivity index (χ0) is 36.0. The summed E-state index contributed by atoms with van der Waals surface area (Å²) in [5.74, 6) is -0.732. The monoisotopic (exact) mass is 709 g/mol. The fourth-order valence-corrected chi connectivity index (χ4v) is 5.44. The Kier molecular flexibility index (Phi) is 15.6. The van der Waals surface area contributed by atoms with Gasteiger partial charge in [-0.15, -0.1) is 0 Å². The topological polar surface area (TPSA) is 368 Å². The molecule has 0 radical (unpaired) electrons. The molecule has 1 amide bonds. The predicted octanol–water partition coefficient (Wildman–Crippen LogP) is -9.97. The Morgan fingerprint density at radius 3 is 1.67 bits per heavy atom. The molecular formula is C26H47NO21. The molecule has 0 unspecified atom stereocenters. The van der Waals surface area contributed by atoms with Crippen LogP contribution in [0.5, 0.6) is 0 Å². The molecule has 282 valence electrons. The van der Waals surface area contributed by atoms with E-state index in [1.54, 1.807) is 0 Å². The van der Waals surface area contributed by atoms with Crippen LogP contribution >= 0.6 is 0 Å². The van der Waals surface area contributed by atoms with Crippen molar-refractivity contribution >= 4 is 5.91 Å². The lowest BCUT2D eigenvalue weighted by Gasteiger charge is -2.48. The number of carbonyl (C=O) groups is 1. The first kappa shape index (κ1) is 41.1. The molecule has 0 aromatic rings. The minimum atomic E-state index is -2.03. The average Bonchev–Trinajstić information content (AvgIpc) is 3.07. The van der Waals surface area contributed by atoms with Crippen molar-refractivity contribution in [3.05, 3.63) is 0 Å². The Bertz CT molecular complexity index is 982. The van der Waals surface area contributed by atoms with Gasteiger partial charge in [0.05, 0.1) is 33.0 Å². The second-order valence-corrected chi connectivity index (χ2v) is 11.7.